The van der Waals surface area contributed by atoms with Crippen molar-refractivity contribution in [1.82, 2.24) is 0 Å². The third kappa shape index (κ3) is 3.33. The number of hydrogen-bond donors (Lipinski definition) is 1. The van der Waals surface area contributed by atoms with Crippen LogP contribution in [0.3, 0.4) is 0 Å². The molecular weight excluding hydrogens is 222 g/mol. The van der Waals surface area contributed by atoms with Crippen LogP contribution in [-0.2, 0) is 11.2 Å². The summed E-state index contributed by atoms with van der Waals surface area (Å²) in [6, 6.07) is 10.8. The fourth-order valence-electron chi connectivity index (χ4n) is 2.71. The summed E-state index contributed by atoms with van der Waals surface area (Å²) in [5, 5.41) is 0. The van der Waals surface area contributed by atoms with Gasteiger partial charge >= 0.3 is 0 Å². The Bertz CT molecular complexity index is 361. The van der Waals surface area contributed by atoms with Gasteiger partial charge in [0.05, 0.1) is 6.10 Å². The normalized spacial score (nSPS) is 26.4. The molecule has 2 nitrogen and oxygen atoms in total. The maximum absolute atomic E-state index is 6.23. The van der Waals surface area contributed by atoms with Gasteiger partial charge in [-0.25, -0.2) is 0 Å². The van der Waals surface area contributed by atoms with E-state index in [1.807, 2.05) is 0 Å². The van der Waals surface area contributed by atoms with Gasteiger partial charge in [0.1, 0.15) is 0 Å². The topological polar surface area (TPSA) is 35.2 Å². The minimum absolute atomic E-state index is 0.189. The Hall–Kier alpha value is -0.860. The molecule has 0 spiro atoms. The summed E-state index contributed by atoms with van der Waals surface area (Å²) in [7, 11) is 0. The predicted molar refractivity (Wildman–Crippen MR) is 75.5 cm³/mol. The van der Waals surface area contributed by atoms with E-state index in [-0.39, 0.29) is 17.6 Å². The highest BCUT2D eigenvalue weighted by Gasteiger charge is 2.39. The van der Waals surface area contributed by atoms with Gasteiger partial charge < -0.3 is 10.5 Å². The molecule has 0 amide bonds. The molecule has 2 atom stereocenters. The third-order valence-electron chi connectivity index (χ3n) is 4.16. The lowest BCUT2D eigenvalue weighted by molar-refractivity contribution is 0.0365. The largest absolute Gasteiger partial charge is 0.377 e. The second-order valence-corrected chi connectivity index (χ2v) is 6.05. The molecule has 1 saturated carbocycles. The first-order valence-corrected chi connectivity index (χ1v) is 7.01. The number of ether oxygens (including phenoxy) is 1. The summed E-state index contributed by atoms with van der Waals surface area (Å²) in [5.41, 5.74) is 7.85. The first-order valence-electron chi connectivity index (χ1n) is 7.01. The van der Waals surface area contributed by atoms with Gasteiger partial charge in [-0.15, -0.1) is 0 Å². The highest BCUT2D eigenvalue weighted by Crippen LogP contribution is 2.37. The smallest absolute Gasteiger partial charge is 0.0731 e. The van der Waals surface area contributed by atoms with Gasteiger partial charge in [-0.2, -0.15) is 0 Å². The van der Waals surface area contributed by atoms with Gasteiger partial charge in [-0.05, 0) is 36.7 Å². The maximum atomic E-state index is 6.23. The van der Waals surface area contributed by atoms with Gasteiger partial charge in [0, 0.05) is 12.6 Å². The maximum Gasteiger partial charge on any atom is 0.0731 e. The molecule has 2 N–H and O–H groups in total. The molecule has 0 aromatic heterocycles. The van der Waals surface area contributed by atoms with Crippen molar-refractivity contribution in [1.29, 1.82) is 0 Å². The minimum atomic E-state index is 0.189. The molecule has 2 unspecified atom stereocenters. The third-order valence-corrected chi connectivity index (χ3v) is 4.16. The first-order chi connectivity index (χ1) is 8.59. The van der Waals surface area contributed by atoms with Gasteiger partial charge in [-0.3, -0.25) is 0 Å². The number of hydrogen-bond acceptors (Lipinski definition) is 2. The van der Waals surface area contributed by atoms with Gasteiger partial charge in [0.25, 0.3) is 0 Å². The van der Waals surface area contributed by atoms with Crippen LogP contribution in [0, 0.1) is 5.41 Å². The zero-order valence-corrected chi connectivity index (χ0v) is 11.6. The number of nitrogens with two attached hydrogens (primary N) is 1. The number of aryl methyl sites for hydroxylation is 1. The Kier molecular flexibility index (Phi) is 4.41. The van der Waals surface area contributed by atoms with E-state index < -0.39 is 0 Å². The van der Waals surface area contributed by atoms with Crippen molar-refractivity contribution in [2.45, 2.75) is 51.7 Å². The van der Waals surface area contributed by atoms with Crippen LogP contribution < -0.4 is 5.73 Å². The molecule has 0 heterocycles. The van der Waals surface area contributed by atoms with Gasteiger partial charge in [0.2, 0.25) is 0 Å². The molecule has 1 aliphatic carbocycles. The summed E-state index contributed by atoms with van der Waals surface area (Å²) < 4.78 is 5.95. The van der Waals surface area contributed by atoms with E-state index in [1.165, 1.54) is 12.0 Å². The van der Waals surface area contributed by atoms with E-state index in [9.17, 15) is 0 Å². The van der Waals surface area contributed by atoms with Crippen LogP contribution in [0.2, 0.25) is 0 Å². The van der Waals surface area contributed by atoms with E-state index in [1.54, 1.807) is 0 Å². The quantitative estimate of drug-likeness (QED) is 0.811. The fraction of sp³-hybridized carbons (Fsp3) is 0.625. The standard InChI is InChI=1S/C16H25NO/c1-16(2)11-10-14(15(16)17)18-12-6-9-13-7-4-3-5-8-13/h3-5,7-8,14-15H,6,9-12,17H2,1-2H3. The average Bonchev–Trinajstić information content (AvgIpc) is 2.62. The van der Waals surface area contributed by atoms with Crippen molar-refractivity contribution in [2.75, 3.05) is 6.61 Å². The second kappa shape index (κ2) is 5.85. The highest BCUT2D eigenvalue weighted by molar-refractivity contribution is 5.14. The molecule has 1 aromatic rings. The monoisotopic (exact) mass is 247 g/mol. The molecule has 1 fully saturated rings. The summed E-state index contributed by atoms with van der Waals surface area (Å²) in [6.07, 6.45) is 4.72. The molecule has 2 rings (SSSR count). The Morgan fingerprint density at radius 1 is 1.28 bits per heavy atom. The fourth-order valence-corrected chi connectivity index (χ4v) is 2.71. The van der Waals surface area contributed by atoms with E-state index in [0.717, 1.165) is 25.9 Å². The van der Waals surface area contributed by atoms with Crippen LogP contribution in [-0.4, -0.2) is 18.8 Å². The Balaban J connectivity index is 1.68. The summed E-state index contributed by atoms with van der Waals surface area (Å²) in [5.74, 6) is 0. The zero-order chi connectivity index (χ0) is 13.0. The molecule has 1 aromatic carbocycles. The lowest BCUT2D eigenvalue weighted by Crippen LogP contribution is -2.41. The van der Waals surface area contributed by atoms with E-state index in [2.05, 4.69) is 44.2 Å². The lowest BCUT2D eigenvalue weighted by atomic mass is 9.88. The number of benzene rings is 1. The SMILES string of the molecule is CC1(C)CCC(OCCCc2ccccc2)C1N. The van der Waals surface area contributed by atoms with E-state index >= 15 is 0 Å². The second-order valence-electron chi connectivity index (χ2n) is 6.05. The van der Waals surface area contributed by atoms with Crippen molar-refractivity contribution >= 4 is 0 Å². The van der Waals surface area contributed by atoms with Crippen LogP contribution in [0.5, 0.6) is 0 Å². The van der Waals surface area contributed by atoms with Crippen LogP contribution in [0.4, 0.5) is 0 Å². The average molecular weight is 247 g/mol. The number of rotatable bonds is 5. The van der Waals surface area contributed by atoms with Gasteiger partial charge in [-0.1, -0.05) is 44.2 Å². The molecule has 0 saturated heterocycles. The zero-order valence-electron chi connectivity index (χ0n) is 11.6. The van der Waals surface area contributed by atoms with Crippen molar-refractivity contribution in [2.24, 2.45) is 11.1 Å². The molecule has 0 aliphatic heterocycles. The van der Waals surface area contributed by atoms with Crippen molar-refractivity contribution in [3.05, 3.63) is 35.9 Å². The van der Waals surface area contributed by atoms with E-state index in [4.69, 9.17) is 10.5 Å². The lowest BCUT2D eigenvalue weighted by Gasteiger charge is -2.26. The van der Waals surface area contributed by atoms with E-state index in [0.29, 0.717) is 0 Å². The summed E-state index contributed by atoms with van der Waals surface area (Å²) in [4.78, 5) is 0. The molecule has 100 valence electrons. The molecular formula is C16H25NO. The molecule has 2 heteroatoms. The predicted octanol–water partition coefficient (Wildman–Crippen LogP) is 3.15. The molecule has 0 radical (unpaired) electrons. The molecule has 18 heavy (non-hydrogen) atoms. The van der Waals surface area contributed by atoms with Crippen molar-refractivity contribution < 1.29 is 4.74 Å². The minimum Gasteiger partial charge on any atom is -0.377 e. The first kappa shape index (κ1) is 13.6. The summed E-state index contributed by atoms with van der Waals surface area (Å²) >= 11 is 0. The highest BCUT2D eigenvalue weighted by atomic mass is 16.5. The van der Waals surface area contributed by atoms with Crippen LogP contribution in [0.1, 0.15) is 38.7 Å². The molecule has 0 bridgehead atoms. The van der Waals surface area contributed by atoms with Crippen LogP contribution in [0.25, 0.3) is 0 Å². The summed E-state index contributed by atoms with van der Waals surface area (Å²) in [6.45, 7) is 5.30. The Morgan fingerprint density at radius 3 is 2.61 bits per heavy atom. The van der Waals surface area contributed by atoms with Crippen LogP contribution in [0.15, 0.2) is 30.3 Å². The molecule has 1 aliphatic rings. The van der Waals surface area contributed by atoms with Gasteiger partial charge in [0.15, 0.2) is 0 Å². The van der Waals surface area contributed by atoms with Crippen molar-refractivity contribution in [3.8, 4) is 0 Å². The Labute approximate surface area is 111 Å². The Morgan fingerprint density at radius 2 is 2.00 bits per heavy atom. The van der Waals surface area contributed by atoms with Crippen molar-refractivity contribution in [3.63, 3.8) is 0 Å². The van der Waals surface area contributed by atoms with Crippen LogP contribution >= 0.6 is 0 Å².